The van der Waals surface area contributed by atoms with E-state index < -0.39 is 23.5 Å². The first-order valence-electron chi connectivity index (χ1n) is 7.07. The Bertz CT molecular complexity index is 731. The lowest BCUT2D eigenvalue weighted by Gasteiger charge is -2.17. The molecule has 2 rings (SSSR count). The molecule has 1 aromatic heterocycles. The van der Waals surface area contributed by atoms with Crippen LogP contribution in [0.15, 0.2) is 47.1 Å². The normalized spacial score (nSPS) is 10.1. The van der Waals surface area contributed by atoms with Gasteiger partial charge in [-0.25, -0.2) is 4.39 Å². The van der Waals surface area contributed by atoms with E-state index in [1.165, 1.54) is 43.6 Å². The minimum Gasteiger partial charge on any atom is -0.459 e. The first kappa shape index (κ1) is 17.2. The lowest BCUT2D eigenvalue weighted by atomic mass is 10.3. The Morgan fingerprint density at radius 1 is 1.21 bits per heavy atom. The van der Waals surface area contributed by atoms with Crippen molar-refractivity contribution in [3.63, 3.8) is 0 Å². The summed E-state index contributed by atoms with van der Waals surface area (Å²) in [4.78, 5) is 36.5. The minimum absolute atomic E-state index is 0.0919. The van der Waals surface area contributed by atoms with Gasteiger partial charge in [0.25, 0.3) is 5.91 Å². The summed E-state index contributed by atoms with van der Waals surface area (Å²) in [5.74, 6) is -1.84. The summed E-state index contributed by atoms with van der Waals surface area (Å²) < 4.78 is 17.9. The van der Waals surface area contributed by atoms with Gasteiger partial charge in [-0.1, -0.05) is 6.07 Å². The molecular formula is C16H16FN3O4. The molecule has 0 aliphatic carbocycles. The van der Waals surface area contributed by atoms with Gasteiger partial charge in [0.1, 0.15) is 5.82 Å². The summed E-state index contributed by atoms with van der Waals surface area (Å²) >= 11 is 0. The van der Waals surface area contributed by atoms with E-state index in [1.54, 1.807) is 6.07 Å². The number of nitrogens with one attached hydrogen (secondary N) is 2. The monoisotopic (exact) mass is 333 g/mol. The molecule has 3 amide bonds. The van der Waals surface area contributed by atoms with Crippen LogP contribution < -0.4 is 10.6 Å². The molecule has 0 bridgehead atoms. The molecule has 0 radical (unpaired) electrons. The molecule has 24 heavy (non-hydrogen) atoms. The van der Waals surface area contributed by atoms with E-state index in [-0.39, 0.29) is 18.8 Å². The van der Waals surface area contributed by atoms with Crippen molar-refractivity contribution in [3.8, 4) is 0 Å². The predicted molar refractivity (Wildman–Crippen MR) is 83.7 cm³/mol. The van der Waals surface area contributed by atoms with Crippen LogP contribution >= 0.6 is 0 Å². The van der Waals surface area contributed by atoms with E-state index in [4.69, 9.17) is 4.42 Å². The van der Waals surface area contributed by atoms with Gasteiger partial charge in [-0.3, -0.25) is 14.4 Å². The molecule has 0 spiro atoms. The summed E-state index contributed by atoms with van der Waals surface area (Å²) in [5.41, 5.74) is 0.298. The number of anilines is 1. The Hall–Kier alpha value is -3.16. The van der Waals surface area contributed by atoms with Crippen LogP contribution in [0.2, 0.25) is 0 Å². The average Bonchev–Trinajstić information content (AvgIpc) is 3.06. The summed E-state index contributed by atoms with van der Waals surface area (Å²) in [6, 6.07) is 8.45. The number of halogens is 1. The summed E-state index contributed by atoms with van der Waals surface area (Å²) in [5, 5.41) is 4.87. The third kappa shape index (κ3) is 4.94. The van der Waals surface area contributed by atoms with Gasteiger partial charge in [0.15, 0.2) is 5.76 Å². The topological polar surface area (TPSA) is 91.7 Å². The van der Waals surface area contributed by atoms with Gasteiger partial charge in [-0.05, 0) is 30.3 Å². The van der Waals surface area contributed by atoms with E-state index in [0.717, 1.165) is 4.90 Å². The Morgan fingerprint density at radius 2 is 2.00 bits per heavy atom. The number of amides is 3. The van der Waals surface area contributed by atoms with Crippen molar-refractivity contribution >= 4 is 23.4 Å². The smallest absolute Gasteiger partial charge is 0.287 e. The highest BCUT2D eigenvalue weighted by Crippen LogP contribution is 2.08. The number of furan rings is 1. The van der Waals surface area contributed by atoms with E-state index >= 15 is 0 Å². The lowest BCUT2D eigenvalue weighted by Crippen LogP contribution is -2.41. The quantitative estimate of drug-likeness (QED) is 0.832. The molecule has 2 N–H and O–H groups in total. The van der Waals surface area contributed by atoms with Crippen molar-refractivity contribution in [1.82, 2.24) is 10.2 Å². The van der Waals surface area contributed by atoms with Crippen molar-refractivity contribution in [2.24, 2.45) is 0 Å². The van der Waals surface area contributed by atoms with Crippen molar-refractivity contribution in [1.29, 1.82) is 0 Å². The number of rotatable bonds is 6. The number of nitrogens with zero attached hydrogens (tertiary/aromatic N) is 1. The lowest BCUT2D eigenvalue weighted by molar-refractivity contribution is -0.132. The second kappa shape index (κ2) is 7.91. The van der Waals surface area contributed by atoms with Crippen molar-refractivity contribution in [2.45, 2.75) is 0 Å². The first-order chi connectivity index (χ1) is 11.5. The van der Waals surface area contributed by atoms with Gasteiger partial charge in [-0.2, -0.15) is 0 Å². The number of carbonyl (C=O) groups excluding carboxylic acids is 3. The van der Waals surface area contributed by atoms with Gasteiger partial charge in [0.05, 0.1) is 19.4 Å². The van der Waals surface area contributed by atoms with Crippen LogP contribution in [-0.2, 0) is 9.59 Å². The standard InChI is InChI=1S/C16H16FN3O4/c1-20(10-14(21)19-12-5-2-4-11(17)8-12)15(22)9-18-16(23)13-6-3-7-24-13/h2-8H,9-10H2,1H3,(H,18,23)(H,19,21). The molecule has 126 valence electrons. The first-order valence-corrected chi connectivity index (χ1v) is 7.07. The second-order valence-electron chi connectivity index (χ2n) is 4.97. The molecule has 2 aromatic rings. The van der Waals surface area contributed by atoms with E-state index in [0.29, 0.717) is 5.69 Å². The molecule has 1 aromatic carbocycles. The molecule has 0 saturated carbocycles. The number of carbonyl (C=O) groups is 3. The van der Waals surface area contributed by atoms with Gasteiger partial charge in [0.2, 0.25) is 11.8 Å². The molecule has 0 unspecified atom stereocenters. The number of hydrogen-bond acceptors (Lipinski definition) is 4. The van der Waals surface area contributed by atoms with E-state index in [9.17, 15) is 18.8 Å². The van der Waals surface area contributed by atoms with Crippen molar-refractivity contribution in [3.05, 3.63) is 54.2 Å². The largest absolute Gasteiger partial charge is 0.459 e. The van der Waals surface area contributed by atoms with Crippen LogP contribution in [0, 0.1) is 5.82 Å². The minimum atomic E-state index is -0.522. The highest BCUT2D eigenvalue weighted by molar-refractivity contribution is 5.96. The van der Waals surface area contributed by atoms with Crippen molar-refractivity contribution in [2.75, 3.05) is 25.5 Å². The van der Waals surface area contributed by atoms with E-state index in [1.807, 2.05) is 0 Å². The van der Waals surface area contributed by atoms with Gasteiger partial charge >= 0.3 is 0 Å². The van der Waals surface area contributed by atoms with Crippen LogP contribution in [-0.4, -0.2) is 42.8 Å². The molecule has 0 aliphatic rings. The fraction of sp³-hybridized carbons (Fsp3) is 0.188. The van der Waals surface area contributed by atoms with Gasteiger partial charge in [-0.15, -0.1) is 0 Å². The zero-order chi connectivity index (χ0) is 17.5. The maximum atomic E-state index is 13.0. The number of likely N-dealkylation sites (N-methyl/N-ethyl adjacent to an activating group) is 1. The molecule has 7 nitrogen and oxygen atoms in total. The SMILES string of the molecule is CN(CC(=O)Nc1cccc(F)c1)C(=O)CNC(=O)c1ccco1. The van der Waals surface area contributed by atoms with Crippen molar-refractivity contribution < 1.29 is 23.2 Å². The number of hydrogen-bond donors (Lipinski definition) is 2. The predicted octanol–water partition coefficient (Wildman–Crippen LogP) is 1.25. The van der Waals surface area contributed by atoms with E-state index in [2.05, 4.69) is 10.6 Å². The molecule has 8 heteroatoms. The fourth-order valence-electron chi connectivity index (χ4n) is 1.86. The highest BCUT2D eigenvalue weighted by Gasteiger charge is 2.15. The van der Waals surface area contributed by atoms with Crippen LogP contribution in [0.3, 0.4) is 0 Å². The fourth-order valence-corrected chi connectivity index (χ4v) is 1.86. The van der Waals surface area contributed by atoms with Crippen LogP contribution in [0.25, 0.3) is 0 Å². The Morgan fingerprint density at radius 3 is 2.67 bits per heavy atom. The third-order valence-corrected chi connectivity index (χ3v) is 3.06. The highest BCUT2D eigenvalue weighted by atomic mass is 19.1. The molecule has 0 aliphatic heterocycles. The Balaban J connectivity index is 1.78. The molecule has 0 saturated heterocycles. The zero-order valence-corrected chi connectivity index (χ0v) is 12.9. The molecule has 1 heterocycles. The molecule has 0 atom stereocenters. The summed E-state index contributed by atoms with van der Waals surface area (Å²) in [7, 11) is 1.42. The average molecular weight is 333 g/mol. The molecular weight excluding hydrogens is 317 g/mol. The maximum Gasteiger partial charge on any atom is 0.287 e. The van der Waals surface area contributed by atoms with Crippen LogP contribution in [0.5, 0.6) is 0 Å². The summed E-state index contributed by atoms with van der Waals surface area (Å²) in [6.45, 7) is -0.505. The zero-order valence-electron chi connectivity index (χ0n) is 12.9. The third-order valence-electron chi connectivity index (χ3n) is 3.06. The summed E-state index contributed by atoms with van der Waals surface area (Å²) in [6.07, 6.45) is 1.35. The molecule has 0 fully saturated rings. The van der Waals surface area contributed by atoms with Crippen LogP contribution in [0.1, 0.15) is 10.6 Å². The maximum absolute atomic E-state index is 13.0. The Labute approximate surface area is 137 Å². The second-order valence-corrected chi connectivity index (χ2v) is 4.97. The van der Waals surface area contributed by atoms with Gasteiger partial charge < -0.3 is 20.0 Å². The Kier molecular flexibility index (Phi) is 5.67. The van der Waals surface area contributed by atoms with Crippen LogP contribution in [0.4, 0.5) is 10.1 Å². The number of benzene rings is 1. The van der Waals surface area contributed by atoms with Gasteiger partial charge in [0, 0.05) is 12.7 Å².